The van der Waals surface area contributed by atoms with Gasteiger partial charge < -0.3 is 10.2 Å². The van der Waals surface area contributed by atoms with Crippen LogP contribution in [0, 0.1) is 0 Å². The molecule has 0 aliphatic carbocycles. The molecular formula is C16H16ClN3O. The maximum absolute atomic E-state index is 12.3. The lowest BCUT2D eigenvalue weighted by molar-refractivity contribution is 0.102. The molecule has 1 amide bonds. The molecule has 2 heterocycles. The Morgan fingerprint density at radius 1 is 1.19 bits per heavy atom. The average Bonchev–Trinajstić information content (AvgIpc) is 3.02. The molecule has 0 atom stereocenters. The van der Waals surface area contributed by atoms with E-state index in [1.165, 1.54) is 19.0 Å². The van der Waals surface area contributed by atoms with Gasteiger partial charge in [-0.2, -0.15) is 0 Å². The maximum Gasteiger partial charge on any atom is 0.274 e. The molecule has 1 aromatic carbocycles. The SMILES string of the molecule is O=C(Nc1ccccc1N1CCCC1)c1cc(Cl)ccn1. The van der Waals surface area contributed by atoms with E-state index in [0.717, 1.165) is 24.5 Å². The van der Waals surface area contributed by atoms with Gasteiger partial charge in [0.1, 0.15) is 5.69 Å². The van der Waals surface area contributed by atoms with Crippen LogP contribution >= 0.6 is 11.6 Å². The van der Waals surface area contributed by atoms with Gasteiger partial charge in [-0.15, -0.1) is 0 Å². The summed E-state index contributed by atoms with van der Waals surface area (Å²) >= 11 is 5.90. The van der Waals surface area contributed by atoms with E-state index in [-0.39, 0.29) is 5.91 Å². The van der Waals surface area contributed by atoms with Crippen LogP contribution in [0.5, 0.6) is 0 Å². The number of hydrogen-bond donors (Lipinski definition) is 1. The fraction of sp³-hybridized carbons (Fsp3) is 0.250. The highest BCUT2D eigenvalue weighted by molar-refractivity contribution is 6.31. The van der Waals surface area contributed by atoms with Crippen molar-refractivity contribution in [3.63, 3.8) is 0 Å². The molecule has 1 aromatic heterocycles. The number of rotatable bonds is 3. The number of para-hydroxylation sites is 2. The van der Waals surface area contributed by atoms with Crippen LogP contribution in [0.15, 0.2) is 42.6 Å². The highest BCUT2D eigenvalue weighted by Crippen LogP contribution is 2.28. The van der Waals surface area contributed by atoms with Crippen LogP contribution in [0.4, 0.5) is 11.4 Å². The van der Waals surface area contributed by atoms with E-state index in [0.29, 0.717) is 10.7 Å². The third-order valence-electron chi connectivity index (χ3n) is 3.55. The monoisotopic (exact) mass is 301 g/mol. The number of anilines is 2. The van der Waals surface area contributed by atoms with Crippen molar-refractivity contribution < 1.29 is 4.79 Å². The van der Waals surface area contributed by atoms with Gasteiger partial charge in [-0.1, -0.05) is 23.7 Å². The Kier molecular flexibility index (Phi) is 4.06. The maximum atomic E-state index is 12.3. The zero-order valence-corrected chi connectivity index (χ0v) is 12.3. The molecule has 5 heteroatoms. The van der Waals surface area contributed by atoms with Crippen molar-refractivity contribution in [2.75, 3.05) is 23.3 Å². The highest BCUT2D eigenvalue weighted by Gasteiger charge is 2.17. The van der Waals surface area contributed by atoms with Gasteiger partial charge >= 0.3 is 0 Å². The second-order valence-electron chi connectivity index (χ2n) is 5.02. The van der Waals surface area contributed by atoms with Crippen molar-refractivity contribution in [2.24, 2.45) is 0 Å². The Hall–Kier alpha value is -2.07. The second kappa shape index (κ2) is 6.14. The van der Waals surface area contributed by atoms with Crippen LogP contribution in [0.3, 0.4) is 0 Å². The zero-order valence-electron chi connectivity index (χ0n) is 11.6. The van der Waals surface area contributed by atoms with E-state index >= 15 is 0 Å². The summed E-state index contributed by atoms with van der Waals surface area (Å²) in [5.41, 5.74) is 2.19. The van der Waals surface area contributed by atoms with Gasteiger partial charge in [0.15, 0.2) is 0 Å². The molecule has 1 fully saturated rings. The molecule has 21 heavy (non-hydrogen) atoms. The number of benzene rings is 1. The summed E-state index contributed by atoms with van der Waals surface area (Å²) in [7, 11) is 0. The number of pyridine rings is 1. The van der Waals surface area contributed by atoms with Crippen molar-refractivity contribution >= 4 is 28.9 Å². The molecule has 1 aliphatic rings. The van der Waals surface area contributed by atoms with E-state index in [1.807, 2.05) is 24.3 Å². The Labute approximate surface area is 128 Å². The minimum atomic E-state index is -0.246. The number of nitrogens with one attached hydrogen (secondary N) is 1. The first kappa shape index (κ1) is 13.9. The van der Waals surface area contributed by atoms with Gasteiger partial charge in [-0.05, 0) is 37.1 Å². The summed E-state index contributed by atoms with van der Waals surface area (Å²) in [6.07, 6.45) is 3.92. The Bertz CT molecular complexity index is 653. The first-order chi connectivity index (χ1) is 10.2. The van der Waals surface area contributed by atoms with E-state index in [9.17, 15) is 4.79 Å². The fourth-order valence-corrected chi connectivity index (χ4v) is 2.69. The van der Waals surface area contributed by atoms with Crippen molar-refractivity contribution in [3.05, 3.63) is 53.3 Å². The summed E-state index contributed by atoms with van der Waals surface area (Å²) in [4.78, 5) is 18.6. The third kappa shape index (κ3) is 3.16. The van der Waals surface area contributed by atoms with Crippen molar-refractivity contribution in [1.29, 1.82) is 0 Å². The Morgan fingerprint density at radius 3 is 2.71 bits per heavy atom. The van der Waals surface area contributed by atoms with Crippen LogP contribution in [0.1, 0.15) is 23.3 Å². The molecule has 1 N–H and O–H groups in total. The number of amides is 1. The number of carbonyl (C=O) groups excluding carboxylic acids is 1. The molecule has 1 aliphatic heterocycles. The standard InChI is InChI=1S/C16H16ClN3O/c17-12-7-8-18-14(11-12)16(21)19-13-5-1-2-6-15(13)20-9-3-4-10-20/h1-2,5-8,11H,3-4,9-10H2,(H,19,21). The molecule has 0 unspecified atom stereocenters. The van der Waals surface area contributed by atoms with Crippen LogP contribution in [-0.4, -0.2) is 24.0 Å². The molecule has 0 saturated carbocycles. The first-order valence-electron chi connectivity index (χ1n) is 7.01. The predicted molar refractivity (Wildman–Crippen MR) is 85.1 cm³/mol. The number of hydrogen-bond acceptors (Lipinski definition) is 3. The van der Waals surface area contributed by atoms with Crippen molar-refractivity contribution in [2.45, 2.75) is 12.8 Å². The third-order valence-corrected chi connectivity index (χ3v) is 3.79. The molecular weight excluding hydrogens is 286 g/mol. The average molecular weight is 302 g/mol. The first-order valence-corrected chi connectivity index (χ1v) is 7.39. The molecule has 0 spiro atoms. The number of halogens is 1. The fourth-order valence-electron chi connectivity index (χ4n) is 2.53. The van der Waals surface area contributed by atoms with Gasteiger partial charge in [0.05, 0.1) is 11.4 Å². The van der Waals surface area contributed by atoms with Gasteiger partial charge in [-0.3, -0.25) is 9.78 Å². The molecule has 2 aromatic rings. The molecule has 108 valence electrons. The minimum Gasteiger partial charge on any atom is -0.370 e. The lowest BCUT2D eigenvalue weighted by atomic mass is 10.2. The van der Waals surface area contributed by atoms with Crippen LogP contribution < -0.4 is 10.2 Å². The van der Waals surface area contributed by atoms with E-state index in [4.69, 9.17) is 11.6 Å². The molecule has 0 radical (unpaired) electrons. The van der Waals surface area contributed by atoms with Gasteiger partial charge in [0.25, 0.3) is 5.91 Å². The lowest BCUT2D eigenvalue weighted by Crippen LogP contribution is -2.21. The smallest absolute Gasteiger partial charge is 0.274 e. The quantitative estimate of drug-likeness (QED) is 0.942. The summed E-state index contributed by atoms with van der Waals surface area (Å²) in [5.74, 6) is -0.246. The van der Waals surface area contributed by atoms with Crippen molar-refractivity contribution in [1.82, 2.24) is 4.98 Å². The summed E-state index contributed by atoms with van der Waals surface area (Å²) in [6, 6.07) is 11.1. The Balaban J connectivity index is 1.83. The van der Waals surface area contributed by atoms with Gasteiger partial charge in [0.2, 0.25) is 0 Å². The lowest BCUT2D eigenvalue weighted by Gasteiger charge is -2.21. The largest absolute Gasteiger partial charge is 0.370 e. The van der Waals surface area contributed by atoms with E-state index in [1.54, 1.807) is 12.1 Å². The number of carbonyl (C=O) groups is 1. The Morgan fingerprint density at radius 2 is 1.95 bits per heavy atom. The van der Waals surface area contributed by atoms with Crippen LogP contribution in [0.25, 0.3) is 0 Å². The molecule has 4 nitrogen and oxygen atoms in total. The summed E-state index contributed by atoms with van der Waals surface area (Å²) < 4.78 is 0. The molecule has 0 bridgehead atoms. The van der Waals surface area contributed by atoms with E-state index in [2.05, 4.69) is 15.2 Å². The molecule has 3 rings (SSSR count). The van der Waals surface area contributed by atoms with Gasteiger partial charge in [-0.25, -0.2) is 0 Å². The normalized spacial score (nSPS) is 14.2. The number of nitrogens with zero attached hydrogens (tertiary/aromatic N) is 2. The minimum absolute atomic E-state index is 0.246. The number of aromatic nitrogens is 1. The van der Waals surface area contributed by atoms with Crippen molar-refractivity contribution in [3.8, 4) is 0 Å². The highest BCUT2D eigenvalue weighted by atomic mass is 35.5. The van der Waals surface area contributed by atoms with Crippen LogP contribution in [0.2, 0.25) is 5.02 Å². The van der Waals surface area contributed by atoms with Gasteiger partial charge in [0, 0.05) is 24.3 Å². The van der Waals surface area contributed by atoms with E-state index < -0.39 is 0 Å². The second-order valence-corrected chi connectivity index (χ2v) is 5.46. The summed E-state index contributed by atoms with van der Waals surface area (Å²) in [6.45, 7) is 2.06. The predicted octanol–water partition coefficient (Wildman–Crippen LogP) is 3.59. The molecule has 1 saturated heterocycles. The summed E-state index contributed by atoms with van der Waals surface area (Å²) in [5, 5.41) is 3.43. The topological polar surface area (TPSA) is 45.2 Å². The van der Waals surface area contributed by atoms with Crippen LogP contribution in [-0.2, 0) is 0 Å². The zero-order chi connectivity index (χ0) is 14.7.